The first-order chi connectivity index (χ1) is 12.2. The van der Waals surface area contributed by atoms with Crippen molar-refractivity contribution in [2.24, 2.45) is 5.92 Å². The van der Waals surface area contributed by atoms with Gasteiger partial charge in [-0.25, -0.2) is 0 Å². The van der Waals surface area contributed by atoms with Gasteiger partial charge < -0.3 is 19.5 Å². The summed E-state index contributed by atoms with van der Waals surface area (Å²) in [4.78, 5) is 26.1. The smallest absolute Gasteiger partial charge is 0.264 e. The number of hydrogen-bond acceptors (Lipinski definition) is 4. The average molecular weight is 396 g/mol. The van der Waals surface area contributed by atoms with E-state index in [-0.39, 0.29) is 30.1 Å². The van der Waals surface area contributed by atoms with E-state index in [0.717, 1.165) is 11.3 Å². The fraction of sp³-hybridized carbons (Fsp3) is 0.526. The third-order valence-electron chi connectivity index (χ3n) is 5.67. The van der Waals surface area contributed by atoms with E-state index >= 15 is 0 Å². The third-order valence-corrected chi connectivity index (χ3v) is 8.41. The number of halogens is 1. The SMILES string of the molecule is C=CCN1C(=O)[C@@]2(O[C@@H](CCO)[C@H]([Si](C)(C)O)[C@H]2C)c2cc(Cl)ccc21. The summed E-state index contributed by atoms with van der Waals surface area (Å²) in [5.74, 6) is -0.379. The molecule has 4 atom stereocenters. The quantitative estimate of drug-likeness (QED) is 0.593. The van der Waals surface area contributed by atoms with Crippen LogP contribution in [0.15, 0.2) is 30.9 Å². The van der Waals surface area contributed by atoms with Gasteiger partial charge in [0.15, 0.2) is 13.9 Å². The molecular formula is C19H26ClNO4Si. The molecule has 1 amide bonds. The number of nitrogens with zero attached hydrogens (tertiary/aromatic N) is 1. The summed E-state index contributed by atoms with van der Waals surface area (Å²) in [6.45, 7) is 9.77. The minimum absolute atomic E-state index is 0.0542. The van der Waals surface area contributed by atoms with Crippen molar-refractivity contribution in [3.63, 3.8) is 0 Å². The summed E-state index contributed by atoms with van der Waals surface area (Å²) in [6, 6.07) is 5.38. The van der Waals surface area contributed by atoms with Crippen molar-refractivity contribution < 1.29 is 19.4 Å². The second kappa shape index (κ2) is 6.76. The number of rotatable bonds is 5. The first kappa shape index (κ1) is 19.6. The molecule has 0 unspecified atom stereocenters. The minimum Gasteiger partial charge on any atom is -0.432 e. The highest BCUT2D eigenvalue weighted by Crippen LogP contribution is 2.59. The van der Waals surface area contributed by atoms with Gasteiger partial charge in [0.1, 0.15) is 0 Å². The third kappa shape index (κ3) is 2.75. The maximum atomic E-state index is 13.5. The zero-order valence-electron chi connectivity index (χ0n) is 15.4. The van der Waals surface area contributed by atoms with Crippen molar-refractivity contribution >= 4 is 31.5 Å². The second-order valence-corrected chi connectivity index (χ2v) is 12.1. The molecule has 7 heteroatoms. The van der Waals surface area contributed by atoms with Crippen molar-refractivity contribution in [2.75, 3.05) is 18.1 Å². The first-order valence-corrected chi connectivity index (χ1v) is 12.3. The molecule has 3 rings (SSSR count). The highest BCUT2D eigenvalue weighted by molar-refractivity contribution is 6.71. The Bertz CT molecular complexity index is 735. The topological polar surface area (TPSA) is 70.0 Å². The molecule has 0 bridgehead atoms. The summed E-state index contributed by atoms with van der Waals surface area (Å²) in [5, 5.41) is 10.0. The Kier molecular flexibility index (Phi) is 5.09. The van der Waals surface area contributed by atoms with Gasteiger partial charge in [0.2, 0.25) is 0 Å². The van der Waals surface area contributed by atoms with Crippen LogP contribution in [-0.2, 0) is 15.1 Å². The lowest BCUT2D eigenvalue weighted by Crippen LogP contribution is -2.46. The molecule has 1 saturated heterocycles. The maximum absolute atomic E-state index is 13.5. The zero-order chi connectivity index (χ0) is 19.3. The molecule has 26 heavy (non-hydrogen) atoms. The van der Waals surface area contributed by atoms with Crippen LogP contribution in [0, 0.1) is 5.92 Å². The Hall–Kier alpha value is -1.18. The van der Waals surface area contributed by atoms with Gasteiger partial charge >= 0.3 is 0 Å². The Morgan fingerprint density at radius 2 is 2.15 bits per heavy atom. The molecule has 2 heterocycles. The van der Waals surface area contributed by atoms with Crippen LogP contribution in [-0.4, -0.2) is 43.4 Å². The molecule has 1 spiro atoms. The number of aliphatic hydroxyl groups is 1. The van der Waals surface area contributed by atoms with E-state index in [4.69, 9.17) is 16.3 Å². The van der Waals surface area contributed by atoms with E-state index in [1.54, 1.807) is 23.1 Å². The lowest BCUT2D eigenvalue weighted by atomic mass is 9.82. The highest BCUT2D eigenvalue weighted by atomic mass is 35.5. The molecule has 0 aliphatic carbocycles. The molecule has 1 aromatic rings. The van der Waals surface area contributed by atoms with Crippen molar-refractivity contribution in [1.29, 1.82) is 0 Å². The number of aliphatic hydroxyl groups excluding tert-OH is 1. The van der Waals surface area contributed by atoms with Gasteiger partial charge in [0, 0.05) is 35.2 Å². The Morgan fingerprint density at radius 1 is 1.46 bits per heavy atom. The number of anilines is 1. The Labute approximate surface area is 160 Å². The van der Waals surface area contributed by atoms with E-state index in [9.17, 15) is 14.7 Å². The van der Waals surface area contributed by atoms with Crippen molar-refractivity contribution in [2.45, 2.75) is 43.7 Å². The van der Waals surface area contributed by atoms with Crippen LogP contribution >= 0.6 is 11.6 Å². The normalized spacial score (nSPS) is 30.9. The predicted octanol–water partition coefficient (Wildman–Crippen LogP) is 3.05. The average Bonchev–Trinajstić information content (AvgIpc) is 2.96. The summed E-state index contributed by atoms with van der Waals surface area (Å²) >= 11 is 6.24. The van der Waals surface area contributed by atoms with Gasteiger partial charge in [0.25, 0.3) is 5.91 Å². The molecular weight excluding hydrogens is 370 g/mol. The maximum Gasteiger partial charge on any atom is 0.264 e. The lowest BCUT2D eigenvalue weighted by Gasteiger charge is -2.32. The van der Waals surface area contributed by atoms with Crippen LogP contribution in [0.1, 0.15) is 18.9 Å². The molecule has 0 aromatic heterocycles. The first-order valence-electron chi connectivity index (χ1n) is 8.92. The molecule has 1 fully saturated rings. The van der Waals surface area contributed by atoms with Crippen LogP contribution in [0.2, 0.25) is 23.7 Å². The zero-order valence-corrected chi connectivity index (χ0v) is 17.2. The van der Waals surface area contributed by atoms with Gasteiger partial charge in [-0.3, -0.25) is 4.79 Å². The van der Waals surface area contributed by atoms with Crippen LogP contribution in [0.3, 0.4) is 0 Å². The van der Waals surface area contributed by atoms with Crippen LogP contribution in [0.4, 0.5) is 5.69 Å². The molecule has 2 aliphatic rings. The molecule has 0 saturated carbocycles. The van der Waals surface area contributed by atoms with Gasteiger partial charge in [-0.1, -0.05) is 24.6 Å². The minimum atomic E-state index is -2.65. The van der Waals surface area contributed by atoms with Crippen LogP contribution in [0.5, 0.6) is 0 Å². The fourth-order valence-corrected chi connectivity index (χ4v) is 7.53. The molecule has 1 aromatic carbocycles. The number of amides is 1. The number of fused-ring (bicyclic) bond motifs is 2. The Morgan fingerprint density at radius 3 is 2.73 bits per heavy atom. The predicted molar refractivity (Wildman–Crippen MR) is 105 cm³/mol. The standard InChI is InChI=1S/C19H26ClNO4Si/c1-5-9-21-15-7-6-13(20)11-14(15)19(18(21)23)12(2)17(26(3,4)24)16(25-19)8-10-22/h5-7,11-12,16-17,22,24H,1,8-10H2,2-4H3/t12-,16+,17-,19+/m1/s1. The number of ether oxygens (including phenoxy) is 1. The summed E-state index contributed by atoms with van der Waals surface area (Å²) < 4.78 is 6.40. The second-order valence-electron chi connectivity index (χ2n) is 7.74. The summed E-state index contributed by atoms with van der Waals surface area (Å²) in [6.07, 6.45) is 1.70. The van der Waals surface area contributed by atoms with Crippen molar-refractivity contribution in [3.8, 4) is 0 Å². The molecule has 2 N–H and O–H groups in total. The Balaban J connectivity index is 2.18. The van der Waals surface area contributed by atoms with E-state index < -0.39 is 13.9 Å². The monoisotopic (exact) mass is 395 g/mol. The highest BCUT2D eigenvalue weighted by Gasteiger charge is 2.65. The van der Waals surface area contributed by atoms with Crippen LogP contribution < -0.4 is 4.90 Å². The van der Waals surface area contributed by atoms with Gasteiger partial charge in [-0.05, 0) is 37.7 Å². The summed E-state index contributed by atoms with van der Waals surface area (Å²) in [5.41, 5.74) is 0.162. The number of benzene rings is 1. The van der Waals surface area contributed by atoms with Crippen LogP contribution in [0.25, 0.3) is 0 Å². The number of carbonyl (C=O) groups is 1. The molecule has 142 valence electrons. The fourth-order valence-electron chi connectivity index (χ4n) is 4.76. The van der Waals surface area contributed by atoms with Crippen molar-refractivity contribution in [1.82, 2.24) is 0 Å². The molecule has 2 aliphatic heterocycles. The molecule has 0 radical (unpaired) electrons. The number of carbonyl (C=O) groups excluding carboxylic acids is 1. The van der Waals surface area contributed by atoms with Gasteiger partial charge in [0.05, 0.1) is 11.8 Å². The van der Waals surface area contributed by atoms with E-state index in [0.29, 0.717) is 18.0 Å². The molecule has 5 nitrogen and oxygen atoms in total. The van der Waals surface area contributed by atoms with E-state index in [1.807, 2.05) is 26.1 Å². The van der Waals surface area contributed by atoms with E-state index in [2.05, 4.69) is 6.58 Å². The number of hydrogen-bond donors (Lipinski definition) is 2. The lowest BCUT2D eigenvalue weighted by molar-refractivity contribution is -0.146. The van der Waals surface area contributed by atoms with Crippen molar-refractivity contribution in [3.05, 3.63) is 41.4 Å². The van der Waals surface area contributed by atoms with Gasteiger partial charge in [-0.2, -0.15) is 0 Å². The largest absolute Gasteiger partial charge is 0.432 e. The van der Waals surface area contributed by atoms with Gasteiger partial charge in [-0.15, -0.1) is 6.58 Å². The summed E-state index contributed by atoms with van der Waals surface area (Å²) in [7, 11) is -2.65. The van der Waals surface area contributed by atoms with E-state index in [1.165, 1.54) is 0 Å².